The van der Waals surface area contributed by atoms with Crippen LogP contribution in [0.4, 0.5) is 0 Å². The molecule has 2 amide bonds. The van der Waals surface area contributed by atoms with Crippen molar-refractivity contribution in [3.63, 3.8) is 0 Å². The summed E-state index contributed by atoms with van der Waals surface area (Å²) in [4.78, 5) is 25.3. The lowest BCUT2D eigenvalue weighted by Crippen LogP contribution is -2.67. The predicted octanol–water partition coefficient (Wildman–Crippen LogP) is -1.24. The quantitative estimate of drug-likeness (QED) is 0.702. The van der Waals surface area contributed by atoms with Gasteiger partial charge in [-0.25, -0.2) is 12.7 Å². The Kier molecular flexibility index (Phi) is 3.57. The lowest BCUT2D eigenvalue weighted by molar-refractivity contribution is -0.134. The minimum Gasteiger partial charge on any atom is -0.340 e. The van der Waals surface area contributed by atoms with Gasteiger partial charge in [-0.2, -0.15) is 0 Å². The average molecular weight is 289 g/mol. The molecule has 8 heteroatoms. The maximum Gasteiger partial charge on any atom is 0.258 e. The van der Waals surface area contributed by atoms with Gasteiger partial charge in [0.05, 0.1) is 0 Å². The van der Waals surface area contributed by atoms with E-state index in [0.717, 1.165) is 17.4 Å². The monoisotopic (exact) mass is 289 g/mol. The Hall–Kier alpha value is -1.15. The molecular formula is C11H19N3O4S. The third-order valence-corrected chi connectivity index (χ3v) is 6.07. The standard InChI is InChI=1S/C11H19N3O4S/c1-11(2)10(16)14(19(11,17)18)6-3-9(15)13-7-4-12-5-8-13/h12H,3-8H2,1-2H3. The summed E-state index contributed by atoms with van der Waals surface area (Å²) >= 11 is 0. The number of amides is 2. The summed E-state index contributed by atoms with van der Waals surface area (Å²) in [5, 5.41) is 3.13. The van der Waals surface area contributed by atoms with Gasteiger partial charge in [-0.15, -0.1) is 0 Å². The van der Waals surface area contributed by atoms with E-state index in [1.54, 1.807) is 4.90 Å². The summed E-state index contributed by atoms with van der Waals surface area (Å²) in [5.41, 5.74) is 0. The number of piperazine rings is 1. The molecule has 108 valence electrons. The van der Waals surface area contributed by atoms with Crippen LogP contribution >= 0.6 is 0 Å². The molecule has 0 spiro atoms. The summed E-state index contributed by atoms with van der Waals surface area (Å²) in [6, 6.07) is 0. The third-order valence-electron chi connectivity index (χ3n) is 3.68. The Labute approximate surface area is 113 Å². The first kappa shape index (κ1) is 14.3. The number of rotatable bonds is 3. The van der Waals surface area contributed by atoms with Gasteiger partial charge >= 0.3 is 0 Å². The van der Waals surface area contributed by atoms with E-state index in [9.17, 15) is 18.0 Å². The van der Waals surface area contributed by atoms with Crippen LogP contribution < -0.4 is 5.32 Å². The molecule has 0 saturated carbocycles. The number of carbonyl (C=O) groups excluding carboxylic acids is 2. The molecule has 19 heavy (non-hydrogen) atoms. The van der Waals surface area contributed by atoms with Crippen LogP contribution in [0.3, 0.4) is 0 Å². The third kappa shape index (κ3) is 2.23. The van der Waals surface area contributed by atoms with Crippen LogP contribution in [0.2, 0.25) is 0 Å². The van der Waals surface area contributed by atoms with E-state index >= 15 is 0 Å². The van der Waals surface area contributed by atoms with Crippen molar-refractivity contribution in [2.24, 2.45) is 0 Å². The highest BCUT2D eigenvalue weighted by Gasteiger charge is 2.59. The van der Waals surface area contributed by atoms with E-state index in [4.69, 9.17) is 0 Å². The Morgan fingerprint density at radius 3 is 2.42 bits per heavy atom. The zero-order valence-corrected chi connectivity index (χ0v) is 12.0. The van der Waals surface area contributed by atoms with Crippen molar-refractivity contribution < 1.29 is 18.0 Å². The summed E-state index contributed by atoms with van der Waals surface area (Å²) in [6.07, 6.45) is 0.0566. The van der Waals surface area contributed by atoms with Gasteiger partial charge in [0.1, 0.15) is 0 Å². The van der Waals surface area contributed by atoms with E-state index < -0.39 is 20.7 Å². The summed E-state index contributed by atoms with van der Waals surface area (Å²) in [6.45, 7) is 5.49. The van der Waals surface area contributed by atoms with Crippen molar-refractivity contribution in [2.75, 3.05) is 32.7 Å². The molecule has 2 rings (SSSR count). The van der Waals surface area contributed by atoms with Crippen molar-refractivity contribution in [3.8, 4) is 0 Å². The van der Waals surface area contributed by atoms with Crippen LogP contribution in [-0.2, 0) is 19.6 Å². The highest BCUT2D eigenvalue weighted by molar-refractivity contribution is 7.94. The first-order valence-electron chi connectivity index (χ1n) is 6.33. The fraction of sp³-hybridized carbons (Fsp3) is 0.818. The zero-order valence-electron chi connectivity index (χ0n) is 11.2. The molecule has 2 aliphatic heterocycles. The fourth-order valence-corrected chi connectivity index (χ4v) is 3.78. The Morgan fingerprint density at radius 1 is 1.32 bits per heavy atom. The molecule has 0 unspecified atom stereocenters. The molecule has 0 aromatic rings. The zero-order chi connectivity index (χ0) is 14.3. The van der Waals surface area contributed by atoms with Crippen molar-refractivity contribution in [1.82, 2.24) is 14.5 Å². The highest BCUT2D eigenvalue weighted by Crippen LogP contribution is 2.34. The van der Waals surface area contributed by atoms with Crippen molar-refractivity contribution in [2.45, 2.75) is 25.0 Å². The van der Waals surface area contributed by atoms with E-state index in [1.807, 2.05) is 0 Å². The molecule has 0 radical (unpaired) electrons. The minimum atomic E-state index is -3.58. The molecular weight excluding hydrogens is 270 g/mol. The number of hydrogen-bond donors (Lipinski definition) is 1. The average Bonchev–Trinajstić information content (AvgIpc) is 2.39. The molecule has 2 saturated heterocycles. The van der Waals surface area contributed by atoms with E-state index in [2.05, 4.69) is 5.32 Å². The topological polar surface area (TPSA) is 86.8 Å². The van der Waals surface area contributed by atoms with Crippen LogP contribution in [0, 0.1) is 0 Å². The maximum absolute atomic E-state index is 11.9. The van der Waals surface area contributed by atoms with Crippen molar-refractivity contribution >= 4 is 21.8 Å². The molecule has 7 nitrogen and oxygen atoms in total. The van der Waals surface area contributed by atoms with Gasteiger partial charge < -0.3 is 10.2 Å². The van der Waals surface area contributed by atoms with Crippen LogP contribution in [0.5, 0.6) is 0 Å². The molecule has 0 aromatic carbocycles. The lowest BCUT2D eigenvalue weighted by Gasteiger charge is -2.43. The summed E-state index contributed by atoms with van der Waals surface area (Å²) < 4.78 is 23.2. The fourth-order valence-electron chi connectivity index (χ4n) is 2.25. The van der Waals surface area contributed by atoms with Crippen LogP contribution in [0.25, 0.3) is 0 Å². The largest absolute Gasteiger partial charge is 0.340 e. The van der Waals surface area contributed by atoms with Crippen molar-refractivity contribution in [1.29, 1.82) is 0 Å². The molecule has 0 bridgehead atoms. The number of nitrogens with one attached hydrogen (secondary N) is 1. The lowest BCUT2D eigenvalue weighted by atomic mass is 10.2. The van der Waals surface area contributed by atoms with Gasteiger partial charge in [-0.3, -0.25) is 9.59 Å². The molecule has 0 aromatic heterocycles. The van der Waals surface area contributed by atoms with Crippen LogP contribution in [-0.4, -0.2) is 66.9 Å². The van der Waals surface area contributed by atoms with E-state index in [1.165, 1.54) is 13.8 Å². The van der Waals surface area contributed by atoms with Crippen LogP contribution in [0.1, 0.15) is 20.3 Å². The SMILES string of the molecule is CC1(C)C(=O)N(CCC(=O)N2CCNCC2)S1(=O)=O. The second-order valence-corrected chi connectivity index (χ2v) is 7.68. The number of hydrogen-bond acceptors (Lipinski definition) is 5. The molecule has 0 atom stereocenters. The maximum atomic E-state index is 11.9. The molecule has 0 aliphatic carbocycles. The van der Waals surface area contributed by atoms with Gasteiger partial charge in [0, 0.05) is 39.1 Å². The number of carbonyl (C=O) groups is 2. The Balaban J connectivity index is 1.90. The van der Waals surface area contributed by atoms with Gasteiger partial charge in [-0.05, 0) is 13.8 Å². The molecule has 2 aliphatic rings. The van der Waals surface area contributed by atoms with Gasteiger partial charge in [-0.1, -0.05) is 0 Å². The first-order valence-corrected chi connectivity index (χ1v) is 7.77. The van der Waals surface area contributed by atoms with Gasteiger partial charge in [0.15, 0.2) is 4.75 Å². The Bertz CT molecular complexity index is 494. The molecule has 2 fully saturated rings. The summed E-state index contributed by atoms with van der Waals surface area (Å²) in [5.74, 6) is -0.533. The van der Waals surface area contributed by atoms with Crippen molar-refractivity contribution in [3.05, 3.63) is 0 Å². The second kappa shape index (κ2) is 4.75. The Morgan fingerprint density at radius 2 is 1.89 bits per heavy atom. The molecule has 1 N–H and O–H groups in total. The van der Waals surface area contributed by atoms with Crippen LogP contribution in [0.15, 0.2) is 0 Å². The predicted molar refractivity (Wildman–Crippen MR) is 68.8 cm³/mol. The minimum absolute atomic E-state index is 0.0483. The first-order chi connectivity index (χ1) is 8.78. The van der Waals surface area contributed by atoms with Gasteiger partial charge in [0.25, 0.3) is 15.9 Å². The van der Waals surface area contributed by atoms with E-state index in [-0.39, 0.29) is 18.9 Å². The summed E-state index contributed by atoms with van der Waals surface area (Å²) in [7, 11) is -3.58. The number of sulfonamides is 1. The van der Waals surface area contributed by atoms with E-state index in [0.29, 0.717) is 13.1 Å². The number of nitrogens with zero attached hydrogens (tertiary/aromatic N) is 2. The normalized spacial score (nSPS) is 25.1. The van der Waals surface area contributed by atoms with Gasteiger partial charge in [0.2, 0.25) is 5.91 Å². The smallest absolute Gasteiger partial charge is 0.258 e. The second-order valence-electron chi connectivity index (χ2n) is 5.27. The molecule has 2 heterocycles. The highest BCUT2D eigenvalue weighted by atomic mass is 32.2.